The predicted molar refractivity (Wildman–Crippen MR) is 67.7 cm³/mol. The lowest BCUT2D eigenvalue weighted by Gasteiger charge is -2.03. The van der Waals surface area contributed by atoms with Crippen LogP contribution in [-0.2, 0) is 6.42 Å². The first-order valence-corrected chi connectivity index (χ1v) is 5.59. The second-order valence-corrected chi connectivity index (χ2v) is 4.25. The summed E-state index contributed by atoms with van der Waals surface area (Å²) in [5.74, 6) is -0.900. The average molecular weight is 247 g/mol. The first-order valence-electron chi connectivity index (χ1n) is 5.22. The van der Waals surface area contributed by atoms with Gasteiger partial charge in [-0.1, -0.05) is 35.9 Å². The van der Waals surface area contributed by atoms with Crippen molar-refractivity contribution in [2.45, 2.75) is 6.42 Å². The van der Waals surface area contributed by atoms with Crippen LogP contribution in [0.2, 0.25) is 5.02 Å². The van der Waals surface area contributed by atoms with Crippen molar-refractivity contribution < 1.29 is 9.90 Å². The van der Waals surface area contributed by atoms with E-state index in [4.69, 9.17) is 16.7 Å². The maximum Gasteiger partial charge on any atom is 0.335 e. The van der Waals surface area contributed by atoms with Crippen LogP contribution in [-0.4, -0.2) is 11.1 Å². The highest BCUT2D eigenvalue weighted by Crippen LogP contribution is 2.14. The molecule has 0 saturated heterocycles. The van der Waals surface area contributed by atoms with Gasteiger partial charge in [0.05, 0.1) is 5.56 Å². The summed E-state index contributed by atoms with van der Waals surface area (Å²) < 4.78 is 0. The summed E-state index contributed by atoms with van der Waals surface area (Å²) in [6.07, 6.45) is 0.707. The Hall–Kier alpha value is -1.80. The van der Waals surface area contributed by atoms with Gasteiger partial charge in [0.15, 0.2) is 0 Å². The summed E-state index contributed by atoms with van der Waals surface area (Å²) in [5.41, 5.74) is 2.40. The van der Waals surface area contributed by atoms with Crippen molar-refractivity contribution in [3.05, 3.63) is 70.2 Å². The molecule has 0 heterocycles. The molecule has 2 aromatic carbocycles. The first kappa shape index (κ1) is 11.7. The van der Waals surface area contributed by atoms with Gasteiger partial charge >= 0.3 is 5.97 Å². The normalized spacial score (nSPS) is 10.2. The van der Waals surface area contributed by atoms with E-state index in [0.29, 0.717) is 17.0 Å². The number of benzene rings is 2. The van der Waals surface area contributed by atoms with Gasteiger partial charge in [-0.3, -0.25) is 0 Å². The van der Waals surface area contributed by atoms with Crippen LogP contribution in [0.4, 0.5) is 0 Å². The van der Waals surface area contributed by atoms with E-state index < -0.39 is 5.97 Å². The molecule has 2 nitrogen and oxygen atoms in total. The molecule has 3 heteroatoms. The standard InChI is InChI=1S/C14H11ClO2/c15-13-6-4-10(5-7-13)8-11-2-1-3-12(9-11)14(16)17/h1-7,9H,8H2,(H,16,17). The number of rotatable bonds is 3. The lowest BCUT2D eigenvalue weighted by Crippen LogP contribution is -1.97. The Kier molecular flexibility index (Phi) is 3.45. The van der Waals surface area contributed by atoms with Gasteiger partial charge in [-0.15, -0.1) is 0 Å². The van der Waals surface area contributed by atoms with Crippen LogP contribution in [0.1, 0.15) is 21.5 Å². The average Bonchev–Trinajstić information content (AvgIpc) is 2.32. The van der Waals surface area contributed by atoms with Crippen molar-refractivity contribution >= 4 is 17.6 Å². The van der Waals surface area contributed by atoms with Crippen LogP contribution >= 0.6 is 11.6 Å². The Morgan fingerprint density at radius 1 is 1.06 bits per heavy atom. The number of carboxylic acids is 1. The molecule has 0 aliphatic rings. The molecule has 1 N–H and O–H groups in total. The van der Waals surface area contributed by atoms with Gasteiger partial charge in [-0.2, -0.15) is 0 Å². The molecule has 0 aliphatic heterocycles. The van der Waals surface area contributed by atoms with E-state index in [1.54, 1.807) is 18.2 Å². The zero-order valence-electron chi connectivity index (χ0n) is 9.06. The minimum Gasteiger partial charge on any atom is -0.478 e. The summed E-state index contributed by atoms with van der Waals surface area (Å²) in [4.78, 5) is 10.8. The molecule has 86 valence electrons. The van der Waals surface area contributed by atoms with Crippen molar-refractivity contribution in [1.29, 1.82) is 0 Å². The molecule has 2 rings (SSSR count). The van der Waals surface area contributed by atoms with Gasteiger partial charge in [0.25, 0.3) is 0 Å². The van der Waals surface area contributed by atoms with E-state index in [0.717, 1.165) is 11.1 Å². The number of hydrogen-bond acceptors (Lipinski definition) is 1. The summed E-state index contributed by atoms with van der Waals surface area (Å²) in [7, 11) is 0. The number of carboxylic acid groups (broad SMARTS) is 1. The van der Waals surface area contributed by atoms with Gasteiger partial charge in [0.2, 0.25) is 0 Å². The summed E-state index contributed by atoms with van der Waals surface area (Å²) >= 11 is 5.80. The van der Waals surface area contributed by atoms with Gasteiger partial charge in [-0.25, -0.2) is 4.79 Å². The quantitative estimate of drug-likeness (QED) is 0.898. The molecule has 0 spiro atoms. The third-order valence-electron chi connectivity index (χ3n) is 2.50. The Balaban J connectivity index is 2.21. The number of aromatic carboxylic acids is 1. The van der Waals surface area contributed by atoms with E-state index in [2.05, 4.69) is 0 Å². The van der Waals surface area contributed by atoms with Gasteiger partial charge < -0.3 is 5.11 Å². The van der Waals surface area contributed by atoms with E-state index in [9.17, 15) is 4.79 Å². The third kappa shape index (κ3) is 3.08. The zero-order valence-corrected chi connectivity index (χ0v) is 9.82. The maximum atomic E-state index is 10.8. The van der Waals surface area contributed by atoms with Crippen LogP contribution in [0, 0.1) is 0 Å². The largest absolute Gasteiger partial charge is 0.478 e. The van der Waals surface area contributed by atoms with E-state index in [1.165, 1.54) is 0 Å². The van der Waals surface area contributed by atoms with Crippen molar-refractivity contribution in [3.8, 4) is 0 Å². The Morgan fingerprint density at radius 2 is 1.76 bits per heavy atom. The summed E-state index contributed by atoms with van der Waals surface area (Å²) in [6, 6.07) is 14.5. The molecule has 0 aliphatic carbocycles. The number of hydrogen-bond donors (Lipinski definition) is 1. The molecule has 0 amide bonds. The van der Waals surface area contributed by atoms with Crippen molar-refractivity contribution in [3.63, 3.8) is 0 Å². The molecule has 0 unspecified atom stereocenters. The molecule has 0 atom stereocenters. The second-order valence-electron chi connectivity index (χ2n) is 3.81. The SMILES string of the molecule is O=C(O)c1cccc(Cc2ccc(Cl)cc2)c1. The Morgan fingerprint density at radius 3 is 2.41 bits per heavy atom. The molecule has 0 radical (unpaired) electrons. The van der Waals surface area contributed by atoms with Gasteiger partial charge in [0.1, 0.15) is 0 Å². The van der Waals surface area contributed by atoms with Crippen molar-refractivity contribution in [2.75, 3.05) is 0 Å². The molecule has 17 heavy (non-hydrogen) atoms. The highest BCUT2D eigenvalue weighted by molar-refractivity contribution is 6.30. The summed E-state index contributed by atoms with van der Waals surface area (Å²) in [5, 5.41) is 9.60. The monoisotopic (exact) mass is 246 g/mol. The minimum atomic E-state index is -0.900. The second kappa shape index (κ2) is 5.02. The van der Waals surface area contributed by atoms with Crippen LogP contribution < -0.4 is 0 Å². The molecular weight excluding hydrogens is 236 g/mol. The van der Waals surface area contributed by atoms with Gasteiger partial charge in [-0.05, 0) is 41.8 Å². The zero-order chi connectivity index (χ0) is 12.3. The van der Waals surface area contributed by atoms with Gasteiger partial charge in [0, 0.05) is 5.02 Å². The lowest BCUT2D eigenvalue weighted by molar-refractivity contribution is 0.0697. The van der Waals surface area contributed by atoms with Crippen LogP contribution in [0.15, 0.2) is 48.5 Å². The molecular formula is C14H11ClO2. The Labute approximate surface area is 104 Å². The molecule has 0 aromatic heterocycles. The number of halogens is 1. The smallest absolute Gasteiger partial charge is 0.335 e. The van der Waals surface area contributed by atoms with E-state index in [-0.39, 0.29) is 0 Å². The molecule has 0 bridgehead atoms. The fourth-order valence-electron chi connectivity index (χ4n) is 1.65. The molecule has 0 saturated carbocycles. The Bertz CT molecular complexity index is 532. The fraction of sp³-hybridized carbons (Fsp3) is 0.0714. The molecule has 0 fully saturated rings. The lowest BCUT2D eigenvalue weighted by atomic mass is 10.0. The number of carbonyl (C=O) groups is 1. The topological polar surface area (TPSA) is 37.3 Å². The third-order valence-corrected chi connectivity index (χ3v) is 2.75. The van der Waals surface area contributed by atoms with Crippen LogP contribution in [0.5, 0.6) is 0 Å². The molecule has 2 aromatic rings. The van der Waals surface area contributed by atoms with E-state index in [1.807, 2.05) is 30.3 Å². The fourth-order valence-corrected chi connectivity index (χ4v) is 1.78. The maximum absolute atomic E-state index is 10.8. The highest BCUT2D eigenvalue weighted by Gasteiger charge is 2.03. The first-order chi connectivity index (χ1) is 8.15. The highest BCUT2D eigenvalue weighted by atomic mass is 35.5. The van der Waals surface area contributed by atoms with Crippen LogP contribution in [0.3, 0.4) is 0 Å². The van der Waals surface area contributed by atoms with Crippen molar-refractivity contribution in [2.24, 2.45) is 0 Å². The minimum absolute atomic E-state index is 0.316. The summed E-state index contributed by atoms with van der Waals surface area (Å²) in [6.45, 7) is 0. The van der Waals surface area contributed by atoms with Crippen LogP contribution in [0.25, 0.3) is 0 Å². The van der Waals surface area contributed by atoms with E-state index >= 15 is 0 Å². The predicted octanol–water partition coefficient (Wildman–Crippen LogP) is 3.63. The van der Waals surface area contributed by atoms with Crippen molar-refractivity contribution in [1.82, 2.24) is 0 Å².